The van der Waals surface area contributed by atoms with Crippen molar-refractivity contribution in [3.05, 3.63) is 54.3 Å². The molecule has 2 N–H and O–H groups in total. The predicted molar refractivity (Wildman–Crippen MR) is 84.3 cm³/mol. The van der Waals surface area contributed by atoms with Crippen LogP contribution >= 0.6 is 11.3 Å². The van der Waals surface area contributed by atoms with Crippen LogP contribution in [-0.2, 0) is 0 Å². The molecule has 0 bridgehead atoms. The van der Waals surface area contributed by atoms with Gasteiger partial charge in [0.15, 0.2) is 0 Å². The molecule has 1 amide bonds. The summed E-state index contributed by atoms with van der Waals surface area (Å²) in [7, 11) is 0. The van der Waals surface area contributed by atoms with Crippen molar-refractivity contribution < 1.29 is 9.18 Å². The van der Waals surface area contributed by atoms with Crippen LogP contribution in [0.1, 0.15) is 0 Å². The molecule has 4 aromatic rings. The zero-order chi connectivity index (χ0) is 15.3. The van der Waals surface area contributed by atoms with E-state index in [-0.39, 0.29) is 5.39 Å². The Labute approximate surface area is 128 Å². The lowest BCUT2D eigenvalue weighted by atomic mass is 10.1. The van der Waals surface area contributed by atoms with Gasteiger partial charge in [0, 0.05) is 10.8 Å². The summed E-state index contributed by atoms with van der Waals surface area (Å²) in [5.41, 5.74) is 6.08. The molecule has 0 aliphatic heterocycles. The smallest absolute Gasteiger partial charge is 0.340 e. The normalized spacial score (nSPS) is 11.3. The summed E-state index contributed by atoms with van der Waals surface area (Å²) in [6.07, 6.45) is 0. The largest absolute Gasteiger partial charge is 0.350 e. The SMILES string of the molecule is NC(=O)n1nc(-c2cc3ccccc3s2)c2c(F)[c]ccc21. The van der Waals surface area contributed by atoms with Crippen molar-refractivity contribution in [3.63, 3.8) is 0 Å². The lowest BCUT2D eigenvalue weighted by Crippen LogP contribution is -2.20. The molecule has 0 fully saturated rings. The van der Waals surface area contributed by atoms with Crippen molar-refractivity contribution in [1.82, 2.24) is 9.78 Å². The minimum Gasteiger partial charge on any atom is -0.350 e. The number of rotatable bonds is 1. The summed E-state index contributed by atoms with van der Waals surface area (Å²) in [5.74, 6) is -0.544. The van der Waals surface area contributed by atoms with E-state index in [1.807, 2.05) is 30.3 Å². The quantitative estimate of drug-likeness (QED) is 0.581. The Balaban J connectivity index is 2.07. The molecule has 2 aromatic heterocycles. The number of nitrogens with zero attached hydrogens (tertiary/aromatic N) is 2. The number of amides is 1. The average Bonchev–Trinajstić information content (AvgIpc) is 3.08. The molecular weight excluding hydrogens is 301 g/mol. The number of fused-ring (bicyclic) bond motifs is 2. The zero-order valence-electron chi connectivity index (χ0n) is 11.2. The number of carbonyl (C=O) groups is 1. The number of hydrogen-bond acceptors (Lipinski definition) is 3. The number of nitrogens with two attached hydrogens (primary N) is 1. The Morgan fingerprint density at radius 2 is 2.14 bits per heavy atom. The molecule has 0 saturated carbocycles. The highest BCUT2D eigenvalue weighted by molar-refractivity contribution is 7.22. The molecule has 0 aliphatic rings. The van der Waals surface area contributed by atoms with E-state index in [4.69, 9.17) is 5.73 Å². The fourth-order valence-corrected chi connectivity index (χ4v) is 3.56. The van der Waals surface area contributed by atoms with Crippen LogP contribution in [0.15, 0.2) is 42.5 Å². The molecule has 0 saturated heterocycles. The molecule has 0 aliphatic carbocycles. The standard InChI is InChI=1S/C16H9FN3OS/c17-10-5-3-6-11-14(10)15(19-20(11)16(18)21)13-8-9-4-1-2-7-12(9)22-13/h1-4,6-8H,(H2,18,21). The number of halogens is 1. The second-order valence-electron chi connectivity index (χ2n) is 4.80. The van der Waals surface area contributed by atoms with E-state index in [9.17, 15) is 9.18 Å². The molecule has 0 spiro atoms. The van der Waals surface area contributed by atoms with Gasteiger partial charge in [-0.1, -0.05) is 18.2 Å². The molecule has 1 radical (unpaired) electrons. The molecule has 2 heterocycles. The number of carbonyl (C=O) groups excluding carboxylic acids is 1. The Hall–Kier alpha value is -2.73. The number of primary amides is 1. The second-order valence-corrected chi connectivity index (χ2v) is 5.88. The molecule has 22 heavy (non-hydrogen) atoms. The second kappa shape index (κ2) is 4.64. The van der Waals surface area contributed by atoms with Crippen LogP contribution in [0.3, 0.4) is 0 Å². The topological polar surface area (TPSA) is 60.9 Å². The van der Waals surface area contributed by atoms with Gasteiger partial charge in [0.2, 0.25) is 0 Å². The van der Waals surface area contributed by atoms with Crippen LogP contribution in [0.2, 0.25) is 0 Å². The van der Waals surface area contributed by atoms with E-state index in [1.54, 1.807) is 6.07 Å². The maximum atomic E-state index is 14.2. The number of thiophene rings is 1. The van der Waals surface area contributed by atoms with Gasteiger partial charge in [-0.2, -0.15) is 9.78 Å². The summed E-state index contributed by atoms with van der Waals surface area (Å²) in [5, 5.41) is 5.51. The van der Waals surface area contributed by atoms with Gasteiger partial charge < -0.3 is 5.73 Å². The van der Waals surface area contributed by atoms with Crippen LogP contribution < -0.4 is 5.73 Å². The molecule has 0 atom stereocenters. The highest BCUT2D eigenvalue weighted by Crippen LogP contribution is 2.37. The highest BCUT2D eigenvalue weighted by atomic mass is 32.1. The Kier molecular flexibility index (Phi) is 2.74. The maximum absolute atomic E-state index is 14.2. The van der Waals surface area contributed by atoms with E-state index in [2.05, 4.69) is 11.2 Å². The van der Waals surface area contributed by atoms with E-state index in [0.29, 0.717) is 11.2 Å². The molecule has 2 aromatic carbocycles. The van der Waals surface area contributed by atoms with Crippen molar-refractivity contribution >= 4 is 38.4 Å². The Morgan fingerprint density at radius 3 is 2.91 bits per heavy atom. The van der Waals surface area contributed by atoms with Crippen LogP contribution in [0.25, 0.3) is 31.6 Å². The van der Waals surface area contributed by atoms with Crippen molar-refractivity contribution in [3.8, 4) is 10.6 Å². The van der Waals surface area contributed by atoms with E-state index < -0.39 is 11.8 Å². The minimum absolute atomic E-state index is 0.257. The lowest BCUT2D eigenvalue weighted by molar-refractivity contribution is 0.248. The van der Waals surface area contributed by atoms with Crippen LogP contribution in [0, 0.1) is 11.9 Å². The Bertz CT molecular complexity index is 1000. The van der Waals surface area contributed by atoms with Crippen LogP contribution in [0.4, 0.5) is 9.18 Å². The van der Waals surface area contributed by atoms with E-state index >= 15 is 0 Å². The molecule has 6 heteroatoms. The first-order valence-electron chi connectivity index (χ1n) is 6.53. The third-order valence-electron chi connectivity index (χ3n) is 3.46. The molecular formula is C16H9FN3OS. The van der Waals surface area contributed by atoms with Gasteiger partial charge in [-0.3, -0.25) is 0 Å². The van der Waals surface area contributed by atoms with Crippen molar-refractivity contribution in [2.24, 2.45) is 5.73 Å². The van der Waals surface area contributed by atoms with Gasteiger partial charge in [0.05, 0.1) is 15.8 Å². The summed E-state index contributed by atoms with van der Waals surface area (Å²) in [6.45, 7) is 0. The summed E-state index contributed by atoms with van der Waals surface area (Å²) < 4.78 is 16.3. The summed E-state index contributed by atoms with van der Waals surface area (Å²) in [6, 6.07) is 14.5. The summed E-state index contributed by atoms with van der Waals surface area (Å²) in [4.78, 5) is 12.3. The van der Waals surface area contributed by atoms with Gasteiger partial charge in [-0.05, 0) is 29.7 Å². The molecule has 0 unspecified atom stereocenters. The average molecular weight is 310 g/mol. The van der Waals surface area contributed by atoms with Crippen molar-refractivity contribution in [2.45, 2.75) is 0 Å². The first kappa shape index (κ1) is 13.0. The highest BCUT2D eigenvalue weighted by Gasteiger charge is 2.19. The number of hydrogen-bond donors (Lipinski definition) is 1. The molecule has 4 rings (SSSR count). The van der Waals surface area contributed by atoms with Gasteiger partial charge in [0.1, 0.15) is 11.5 Å². The maximum Gasteiger partial charge on any atom is 0.340 e. The zero-order valence-corrected chi connectivity index (χ0v) is 12.0. The van der Waals surface area contributed by atoms with Crippen LogP contribution in [0.5, 0.6) is 0 Å². The van der Waals surface area contributed by atoms with Gasteiger partial charge in [-0.15, -0.1) is 11.3 Å². The van der Waals surface area contributed by atoms with E-state index in [0.717, 1.165) is 19.6 Å². The molecule has 107 valence electrons. The third-order valence-corrected chi connectivity index (χ3v) is 4.58. The fraction of sp³-hybridized carbons (Fsp3) is 0. The Morgan fingerprint density at radius 1 is 1.32 bits per heavy atom. The van der Waals surface area contributed by atoms with Gasteiger partial charge in [-0.25, -0.2) is 9.18 Å². The fourth-order valence-electron chi connectivity index (χ4n) is 2.51. The first-order valence-corrected chi connectivity index (χ1v) is 7.34. The van der Waals surface area contributed by atoms with Crippen LogP contribution in [-0.4, -0.2) is 15.8 Å². The first-order chi connectivity index (χ1) is 10.6. The van der Waals surface area contributed by atoms with Gasteiger partial charge >= 0.3 is 6.03 Å². The molecule has 4 nitrogen and oxygen atoms in total. The van der Waals surface area contributed by atoms with Crippen molar-refractivity contribution in [2.75, 3.05) is 0 Å². The van der Waals surface area contributed by atoms with Gasteiger partial charge in [0.25, 0.3) is 0 Å². The number of aromatic nitrogens is 2. The minimum atomic E-state index is -0.747. The summed E-state index contributed by atoms with van der Waals surface area (Å²) >= 11 is 1.49. The van der Waals surface area contributed by atoms with E-state index in [1.165, 1.54) is 17.4 Å². The third kappa shape index (κ3) is 1.81. The monoisotopic (exact) mass is 310 g/mol. The van der Waals surface area contributed by atoms with Crippen molar-refractivity contribution in [1.29, 1.82) is 0 Å². The lowest BCUT2D eigenvalue weighted by Gasteiger charge is -1.95. The number of benzene rings is 2. The predicted octanol–water partition coefficient (Wildman–Crippen LogP) is 3.78.